The molecule has 32 heavy (non-hydrogen) atoms. The fourth-order valence-corrected chi connectivity index (χ4v) is 7.32. The summed E-state index contributed by atoms with van der Waals surface area (Å²) in [5, 5.41) is 10.0. The highest BCUT2D eigenvalue weighted by atomic mass is 35.5. The van der Waals surface area contributed by atoms with Crippen molar-refractivity contribution in [2.24, 2.45) is 0 Å². The minimum absolute atomic E-state index is 0.0315. The van der Waals surface area contributed by atoms with Gasteiger partial charge in [-0.15, -0.1) is 10.2 Å². The van der Waals surface area contributed by atoms with Crippen LogP contribution in [0.2, 0.25) is 5.02 Å². The van der Waals surface area contributed by atoms with Crippen LogP contribution >= 0.6 is 23.4 Å². The number of amides is 1. The van der Waals surface area contributed by atoms with E-state index in [1.165, 1.54) is 11.8 Å². The molecule has 3 aliphatic rings. The molecule has 172 valence electrons. The predicted molar refractivity (Wildman–Crippen MR) is 125 cm³/mol. The summed E-state index contributed by atoms with van der Waals surface area (Å²) in [6, 6.07) is 7.52. The van der Waals surface area contributed by atoms with Crippen LogP contribution < -0.4 is 4.90 Å². The highest BCUT2D eigenvalue weighted by Crippen LogP contribution is 2.35. The Balaban J connectivity index is 1.38. The predicted octanol–water partition coefficient (Wildman–Crippen LogP) is 2.79. The number of benzene rings is 1. The van der Waals surface area contributed by atoms with Gasteiger partial charge in [-0.1, -0.05) is 35.5 Å². The van der Waals surface area contributed by atoms with Crippen LogP contribution in [0.3, 0.4) is 0 Å². The van der Waals surface area contributed by atoms with Crippen LogP contribution in [0.1, 0.15) is 32.1 Å². The number of sulfone groups is 1. The van der Waals surface area contributed by atoms with E-state index in [0.717, 1.165) is 50.4 Å². The van der Waals surface area contributed by atoms with Crippen molar-refractivity contribution >= 4 is 45.1 Å². The normalized spacial score (nSPS) is 22.4. The van der Waals surface area contributed by atoms with Crippen molar-refractivity contribution in [3.05, 3.63) is 29.3 Å². The van der Waals surface area contributed by atoms with E-state index in [1.807, 2.05) is 33.7 Å². The molecule has 1 aliphatic carbocycles. The zero-order valence-corrected chi connectivity index (χ0v) is 20.1. The zero-order valence-electron chi connectivity index (χ0n) is 17.7. The van der Waals surface area contributed by atoms with E-state index in [0.29, 0.717) is 16.6 Å². The van der Waals surface area contributed by atoms with Crippen molar-refractivity contribution in [1.29, 1.82) is 0 Å². The Labute approximate surface area is 197 Å². The van der Waals surface area contributed by atoms with Gasteiger partial charge in [-0.2, -0.15) is 0 Å². The van der Waals surface area contributed by atoms with Crippen molar-refractivity contribution in [3.8, 4) is 5.69 Å². The lowest BCUT2D eigenvalue weighted by molar-refractivity contribution is -0.130. The molecule has 1 atom stereocenters. The van der Waals surface area contributed by atoms with Gasteiger partial charge in [0, 0.05) is 25.2 Å². The molecule has 1 saturated carbocycles. The van der Waals surface area contributed by atoms with Crippen LogP contribution in [-0.2, 0) is 14.6 Å². The molecular weight excluding hydrogens is 470 g/mol. The molecule has 0 radical (unpaired) electrons. The first-order valence-corrected chi connectivity index (χ1v) is 14.2. The summed E-state index contributed by atoms with van der Waals surface area (Å²) in [6.45, 7) is 1.83. The Hall–Kier alpha value is -1.78. The third-order valence-electron chi connectivity index (χ3n) is 6.25. The molecule has 1 aromatic heterocycles. The second kappa shape index (κ2) is 8.87. The molecule has 2 aromatic rings. The number of aromatic nitrogens is 3. The average molecular weight is 496 g/mol. The van der Waals surface area contributed by atoms with Gasteiger partial charge in [0.05, 0.1) is 28.0 Å². The Morgan fingerprint density at radius 2 is 1.88 bits per heavy atom. The quantitative estimate of drug-likeness (QED) is 0.545. The molecule has 0 bridgehead atoms. The third kappa shape index (κ3) is 4.49. The minimum Gasteiger partial charge on any atom is -0.341 e. The first kappa shape index (κ1) is 22.0. The van der Waals surface area contributed by atoms with Crippen molar-refractivity contribution in [1.82, 2.24) is 19.7 Å². The Morgan fingerprint density at radius 1 is 1.12 bits per heavy atom. The first-order valence-electron chi connectivity index (χ1n) is 11.0. The van der Waals surface area contributed by atoms with E-state index in [9.17, 15) is 13.2 Å². The fraction of sp³-hybridized carbons (Fsp3) is 0.571. The molecule has 5 rings (SSSR count). The van der Waals surface area contributed by atoms with E-state index in [1.54, 1.807) is 0 Å². The molecule has 1 unspecified atom stereocenters. The number of rotatable bonds is 7. The summed E-state index contributed by atoms with van der Waals surface area (Å²) < 4.78 is 25.9. The number of nitrogens with zero attached hydrogens (tertiary/aromatic N) is 5. The van der Waals surface area contributed by atoms with Crippen LogP contribution in [-0.4, -0.2) is 76.4 Å². The summed E-state index contributed by atoms with van der Waals surface area (Å²) in [5.41, 5.74) is 0.789. The molecule has 3 heterocycles. The summed E-state index contributed by atoms with van der Waals surface area (Å²) in [7, 11) is -3.05. The summed E-state index contributed by atoms with van der Waals surface area (Å²) in [4.78, 5) is 17.2. The number of carbonyl (C=O) groups is 1. The maximum atomic E-state index is 13.2. The maximum absolute atomic E-state index is 13.2. The van der Waals surface area contributed by atoms with Crippen LogP contribution in [0.25, 0.3) is 5.69 Å². The van der Waals surface area contributed by atoms with Gasteiger partial charge in [-0.3, -0.25) is 9.36 Å². The maximum Gasteiger partial charge on any atom is 0.233 e. The van der Waals surface area contributed by atoms with E-state index in [4.69, 9.17) is 11.6 Å². The monoisotopic (exact) mass is 495 g/mol. The fourth-order valence-electron chi connectivity index (χ4n) is 4.58. The second-order valence-corrected chi connectivity index (χ2v) is 12.2. The number of carbonyl (C=O) groups excluding carboxylic acids is 1. The van der Waals surface area contributed by atoms with Gasteiger partial charge >= 0.3 is 0 Å². The summed E-state index contributed by atoms with van der Waals surface area (Å²) >= 11 is 7.84. The molecule has 11 heteroatoms. The number of thioether (sulfide) groups is 1. The second-order valence-electron chi connectivity index (χ2n) is 8.64. The lowest BCUT2D eigenvalue weighted by atomic mass is 10.2. The molecule has 0 N–H and O–H groups in total. The minimum atomic E-state index is -3.05. The van der Waals surface area contributed by atoms with Gasteiger partial charge in [0.2, 0.25) is 11.9 Å². The third-order valence-corrected chi connectivity index (χ3v) is 9.24. The Kier molecular flexibility index (Phi) is 6.11. The summed E-state index contributed by atoms with van der Waals surface area (Å²) in [5.74, 6) is 1.15. The Bertz CT molecular complexity index is 1110. The van der Waals surface area contributed by atoms with Gasteiger partial charge in [0.25, 0.3) is 0 Å². The van der Waals surface area contributed by atoms with Gasteiger partial charge < -0.3 is 9.80 Å². The molecule has 3 fully saturated rings. The first-order chi connectivity index (χ1) is 15.4. The van der Waals surface area contributed by atoms with Crippen LogP contribution in [0.5, 0.6) is 0 Å². The SMILES string of the molecule is O=C(CSc1nnc(N2CCCC2)n1-c1ccccc1Cl)N(C1CC1)C1CCS(=O)(=O)C1. The number of halogens is 1. The number of hydrogen-bond donors (Lipinski definition) is 0. The van der Waals surface area contributed by atoms with Crippen molar-refractivity contribution in [2.75, 3.05) is 35.2 Å². The number of hydrogen-bond acceptors (Lipinski definition) is 7. The van der Waals surface area contributed by atoms with Gasteiger partial charge in [-0.05, 0) is 44.2 Å². The highest BCUT2D eigenvalue weighted by molar-refractivity contribution is 7.99. The van der Waals surface area contributed by atoms with Crippen molar-refractivity contribution in [3.63, 3.8) is 0 Å². The summed E-state index contributed by atoms with van der Waals surface area (Å²) in [6.07, 6.45) is 4.64. The lowest BCUT2D eigenvalue weighted by Gasteiger charge is -2.28. The van der Waals surface area contributed by atoms with Gasteiger partial charge in [-0.25, -0.2) is 8.42 Å². The van der Waals surface area contributed by atoms with E-state index < -0.39 is 9.84 Å². The average Bonchev–Trinajstić information content (AvgIpc) is 3.14. The van der Waals surface area contributed by atoms with E-state index >= 15 is 0 Å². The standard InChI is InChI=1S/C21H26ClN5O3S2/c22-17-5-1-2-6-18(17)27-20(25-10-3-4-11-25)23-24-21(27)31-13-19(28)26(15-7-8-15)16-9-12-32(29,30)14-16/h1-2,5-6,15-16H,3-4,7-14H2. The van der Waals surface area contributed by atoms with Crippen LogP contribution in [0.15, 0.2) is 29.4 Å². The van der Waals surface area contributed by atoms with E-state index in [2.05, 4.69) is 15.1 Å². The molecular formula is C21H26ClN5O3S2. The van der Waals surface area contributed by atoms with Gasteiger partial charge in [0.1, 0.15) is 0 Å². The molecule has 1 amide bonds. The molecule has 1 aromatic carbocycles. The highest BCUT2D eigenvalue weighted by Gasteiger charge is 2.42. The molecule has 0 spiro atoms. The van der Waals surface area contributed by atoms with E-state index in [-0.39, 0.29) is 35.2 Å². The molecule has 2 saturated heterocycles. The van der Waals surface area contributed by atoms with Crippen LogP contribution in [0, 0.1) is 0 Å². The number of para-hydroxylation sites is 1. The van der Waals surface area contributed by atoms with Gasteiger partial charge in [0.15, 0.2) is 15.0 Å². The van der Waals surface area contributed by atoms with Crippen molar-refractivity contribution in [2.45, 2.75) is 49.3 Å². The topological polar surface area (TPSA) is 88.4 Å². The lowest BCUT2D eigenvalue weighted by Crippen LogP contribution is -2.43. The molecule has 8 nitrogen and oxygen atoms in total. The Morgan fingerprint density at radius 3 is 2.53 bits per heavy atom. The number of anilines is 1. The smallest absolute Gasteiger partial charge is 0.233 e. The van der Waals surface area contributed by atoms with Crippen molar-refractivity contribution < 1.29 is 13.2 Å². The largest absolute Gasteiger partial charge is 0.341 e. The van der Waals surface area contributed by atoms with Crippen LogP contribution in [0.4, 0.5) is 5.95 Å². The zero-order chi connectivity index (χ0) is 22.3. The molecule has 2 aliphatic heterocycles.